The number of hydrogen-bond donors (Lipinski definition) is 1. The van der Waals surface area contributed by atoms with Crippen molar-refractivity contribution in [3.05, 3.63) is 29.8 Å². The summed E-state index contributed by atoms with van der Waals surface area (Å²) in [6.45, 7) is 1.71. The lowest BCUT2D eigenvalue weighted by molar-refractivity contribution is -0.130. The predicted molar refractivity (Wildman–Crippen MR) is 63.4 cm³/mol. The molecule has 1 saturated carbocycles. The third-order valence-corrected chi connectivity index (χ3v) is 3.34. The molecule has 0 saturated heterocycles. The quantitative estimate of drug-likeness (QED) is 0.774. The first kappa shape index (κ1) is 9.70. The molecule has 0 bridgehead atoms. The number of rotatable bonds is 1. The molecule has 1 amide bonds. The molecule has 1 fully saturated rings. The van der Waals surface area contributed by atoms with Gasteiger partial charge in [0.15, 0.2) is 0 Å². The van der Waals surface area contributed by atoms with E-state index in [1.165, 1.54) is 12.8 Å². The fourth-order valence-electron chi connectivity index (χ4n) is 2.32. The van der Waals surface area contributed by atoms with Crippen molar-refractivity contribution in [1.29, 1.82) is 0 Å². The summed E-state index contributed by atoms with van der Waals surface area (Å²) < 4.78 is 0. The molecule has 2 aliphatic rings. The number of nitrogens with one attached hydrogen (secondary N) is 1. The number of anilines is 1. The number of amides is 1. The predicted octanol–water partition coefficient (Wildman–Crippen LogP) is 1.65. The van der Waals surface area contributed by atoms with Gasteiger partial charge < -0.3 is 10.2 Å². The van der Waals surface area contributed by atoms with Crippen LogP contribution in [-0.2, 0) is 11.2 Å². The second-order valence-corrected chi connectivity index (χ2v) is 4.58. The number of benzene rings is 1. The van der Waals surface area contributed by atoms with Crippen LogP contribution in [0.2, 0.25) is 0 Å². The third kappa shape index (κ3) is 1.77. The average molecular weight is 216 g/mol. The Kier molecular flexibility index (Phi) is 2.31. The van der Waals surface area contributed by atoms with Gasteiger partial charge in [0.2, 0.25) is 5.91 Å². The van der Waals surface area contributed by atoms with Crippen LogP contribution in [-0.4, -0.2) is 29.9 Å². The van der Waals surface area contributed by atoms with Gasteiger partial charge in [-0.2, -0.15) is 0 Å². The Morgan fingerprint density at radius 3 is 2.88 bits per heavy atom. The lowest BCUT2D eigenvalue weighted by Gasteiger charge is -2.26. The van der Waals surface area contributed by atoms with E-state index < -0.39 is 0 Å². The molecule has 3 heteroatoms. The molecule has 3 rings (SSSR count). The maximum Gasteiger partial charge on any atom is 0.227 e. The topological polar surface area (TPSA) is 32.3 Å². The normalized spacial score (nSPS) is 20.8. The second kappa shape index (κ2) is 3.81. The highest BCUT2D eigenvalue weighted by Crippen LogP contribution is 2.28. The van der Waals surface area contributed by atoms with Gasteiger partial charge in [0.25, 0.3) is 0 Å². The molecule has 84 valence electrons. The molecule has 0 atom stereocenters. The highest BCUT2D eigenvalue weighted by atomic mass is 16.2. The molecular formula is C13H16N2O. The summed E-state index contributed by atoms with van der Waals surface area (Å²) in [6, 6.07) is 8.62. The maximum absolute atomic E-state index is 12.1. The van der Waals surface area contributed by atoms with Gasteiger partial charge in [0.1, 0.15) is 0 Å². The highest BCUT2D eigenvalue weighted by Gasteiger charge is 2.32. The van der Waals surface area contributed by atoms with Crippen LogP contribution in [0, 0.1) is 0 Å². The van der Waals surface area contributed by atoms with Crippen molar-refractivity contribution in [3.63, 3.8) is 0 Å². The lowest BCUT2D eigenvalue weighted by Crippen LogP contribution is -2.39. The summed E-state index contributed by atoms with van der Waals surface area (Å²) in [6.07, 6.45) is 2.92. The summed E-state index contributed by atoms with van der Waals surface area (Å²) in [7, 11) is 0. The van der Waals surface area contributed by atoms with E-state index in [0.29, 0.717) is 12.5 Å². The van der Waals surface area contributed by atoms with E-state index in [-0.39, 0.29) is 5.91 Å². The lowest BCUT2D eigenvalue weighted by atomic mass is 10.1. The molecule has 1 aliphatic heterocycles. The van der Waals surface area contributed by atoms with Gasteiger partial charge in [-0.25, -0.2) is 0 Å². The van der Waals surface area contributed by atoms with Gasteiger partial charge >= 0.3 is 0 Å². The molecule has 0 aromatic heterocycles. The molecule has 0 unspecified atom stereocenters. The zero-order valence-corrected chi connectivity index (χ0v) is 9.28. The van der Waals surface area contributed by atoms with E-state index >= 15 is 0 Å². The Bertz CT molecular complexity index is 412. The summed E-state index contributed by atoms with van der Waals surface area (Å²) in [5, 5.41) is 3.40. The molecule has 1 aromatic carbocycles. The van der Waals surface area contributed by atoms with E-state index in [9.17, 15) is 4.79 Å². The van der Waals surface area contributed by atoms with Crippen molar-refractivity contribution < 1.29 is 4.79 Å². The van der Waals surface area contributed by atoms with E-state index in [4.69, 9.17) is 0 Å². The summed E-state index contributed by atoms with van der Waals surface area (Å²) in [5.41, 5.74) is 2.24. The van der Waals surface area contributed by atoms with E-state index in [0.717, 1.165) is 24.3 Å². The minimum Gasteiger partial charge on any atom is -0.383 e. The zero-order valence-electron chi connectivity index (χ0n) is 9.28. The number of carbonyl (C=O) groups excluding carboxylic acids is 1. The van der Waals surface area contributed by atoms with Crippen LogP contribution >= 0.6 is 0 Å². The standard InChI is InChI=1S/C13H16N2O/c16-13-9-10-3-1-2-4-12(10)14-7-8-15(13)11-5-6-11/h1-4,11,14H,5-9H2. The van der Waals surface area contributed by atoms with Gasteiger partial charge in [-0.05, 0) is 24.5 Å². The molecule has 1 aliphatic carbocycles. The molecule has 3 nitrogen and oxygen atoms in total. The SMILES string of the molecule is O=C1Cc2ccccc2NCCN1C1CC1. The van der Waals surface area contributed by atoms with Crippen LogP contribution in [0.1, 0.15) is 18.4 Å². The number of carbonyl (C=O) groups is 1. The van der Waals surface area contributed by atoms with Gasteiger partial charge in [-0.1, -0.05) is 18.2 Å². The third-order valence-electron chi connectivity index (χ3n) is 3.34. The van der Waals surface area contributed by atoms with Crippen molar-refractivity contribution in [1.82, 2.24) is 4.90 Å². The second-order valence-electron chi connectivity index (χ2n) is 4.58. The first-order valence-electron chi connectivity index (χ1n) is 5.96. The Hall–Kier alpha value is -1.51. The fourth-order valence-corrected chi connectivity index (χ4v) is 2.32. The molecule has 0 spiro atoms. The molecule has 1 N–H and O–H groups in total. The molecular weight excluding hydrogens is 200 g/mol. The van der Waals surface area contributed by atoms with Crippen molar-refractivity contribution in [2.45, 2.75) is 25.3 Å². The smallest absolute Gasteiger partial charge is 0.227 e. The summed E-state index contributed by atoms with van der Waals surface area (Å²) >= 11 is 0. The van der Waals surface area contributed by atoms with Crippen LogP contribution in [0.3, 0.4) is 0 Å². The van der Waals surface area contributed by atoms with Gasteiger partial charge in [-0.3, -0.25) is 4.79 Å². The molecule has 1 heterocycles. The first-order chi connectivity index (χ1) is 7.84. The number of nitrogens with zero attached hydrogens (tertiary/aromatic N) is 1. The van der Waals surface area contributed by atoms with Crippen LogP contribution in [0.5, 0.6) is 0 Å². The molecule has 0 radical (unpaired) electrons. The van der Waals surface area contributed by atoms with E-state index in [2.05, 4.69) is 11.4 Å². The maximum atomic E-state index is 12.1. The van der Waals surface area contributed by atoms with Crippen LogP contribution in [0.15, 0.2) is 24.3 Å². The minimum absolute atomic E-state index is 0.288. The largest absolute Gasteiger partial charge is 0.383 e. The highest BCUT2D eigenvalue weighted by molar-refractivity contribution is 5.81. The summed E-state index contributed by atoms with van der Waals surface area (Å²) in [5.74, 6) is 0.288. The van der Waals surface area contributed by atoms with Crippen molar-refractivity contribution in [2.75, 3.05) is 18.4 Å². The van der Waals surface area contributed by atoms with Gasteiger partial charge in [0, 0.05) is 24.8 Å². The number of para-hydroxylation sites is 1. The molecule has 1 aromatic rings. The van der Waals surface area contributed by atoms with Gasteiger partial charge in [-0.15, -0.1) is 0 Å². The van der Waals surface area contributed by atoms with Crippen molar-refractivity contribution in [2.24, 2.45) is 0 Å². The van der Waals surface area contributed by atoms with Crippen molar-refractivity contribution >= 4 is 11.6 Å². The fraction of sp³-hybridized carbons (Fsp3) is 0.462. The monoisotopic (exact) mass is 216 g/mol. The summed E-state index contributed by atoms with van der Waals surface area (Å²) in [4.78, 5) is 14.2. The Labute approximate surface area is 95.4 Å². The first-order valence-corrected chi connectivity index (χ1v) is 5.96. The average Bonchev–Trinajstić information content (AvgIpc) is 3.07. The van der Waals surface area contributed by atoms with Crippen LogP contribution in [0.4, 0.5) is 5.69 Å². The van der Waals surface area contributed by atoms with E-state index in [1.54, 1.807) is 0 Å². The van der Waals surface area contributed by atoms with E-state index in [1.807, 2.05) is 23.1 Å². The number of fused-ring (bicyclic) bond motifs is 1. The Morgan fingerprint density at radius 1 is 1.25 bits per heavy atom. The van der Waals surface area contributed by atoms with Gasteiger partial charge in [0.05, 0.1) is 6.42 Å². The number of hydrogen-bond acceptors (Lipinski definition) is 2. The minimum atomic E-state index is 0.288. The Morgan fingerprint density at radius 2 is 2.06 bits per heavy atom. The van der Waals surface area contributed by atoms with Crippen LogP contribution < -0.4 is 5.32 Å². The van der Waals surface area contributed by atoms with Crippen molar-refractivity contribution in [3.8, 4) is 0 Å². The Balaban J connectivity index is 1.85. The zero-order chi connectivity index (χ0) is 11.0. The van der Waals surface area contributed by atoms with Crippen LogP contribution in [0.25, 0.3) is 0 Å². The molecule has 16 heavy (non-hydrogen) atoms.